The van der Waals surface area contributed by atoms with Crippen LogP contribution in [0.15, 0.2) is 18.6 Å². The lowest BCUT2D eigenvalue weighted by Crippen LogP contribution is -2.04. The fourth-order valence-electron chi connectivity index (χ4n) is 1.74. The third kappa shape index (κ3) is 2.97. The van der Waals surface area contributed by atoms with Gasteiger partial charge in [0.2, 0.25) is 0 Å². The highest BCUT2D eigenvalue weighted by Crippen LogP contribution is 2.11. The van der Waals surface area contributed by atoms with Gasteiger partial charge in [0.1, 0.15) is 18.0 Å². The van der Waals surface area contributed by atoms with Gasteiger partial charge in [-0.2, -0.15) is 5.10 Å². The number of nitrogens with zero attached hydrogens (tertiary/aromatic N) is 4. The molecule has 96 valence electrons. The first-order valence-corrected chi connectivity index (χ1v) is 5.98. The number of hydrogen-bond acceptors (Lipinski definition) is 5. The summed E-state index contributed by atoms with van der Waals surface area (Å²) in [7, 11) is 1.92. The summed E-state index contributed by atoms with van der Waals surface area (Å²) in [6.45, 7) is 5.59. The highest BCUT2D eigenvalue weighted by atomic mass is 15.3. The van der Waals surface area contributed by atoms with E-state index in [0.29, 0.717) is 6.54 Å². The van der Waals surface area contributed by atoms with Crippen LogP contribution in [-0.4, -0.2) is 26.3 Å². The molecule has 2 rings (SSSR count). The number of rotatable bonds is 5. The lowest BCUT2D eigenvalue weighted by molar-refractivity contribution is 0.756. The maximum absolute atomic E-state index is 4.30. The molecule has 0 bridgehead atoms. The van der Waals surface area contributed by atoms with E-state index in [2.05, 4.69) is 25.7 Å². The van der Waals surface area contributed by atoms with Crippen molar-refractivity contribution < 1.29 is 0 Å². The second kappa shape index (κ2) is 5.48. The van der Waals surface area contributed by atoms with E-state index < -0.39 is 0 Å². The zero-order chi connectivity index (χ0) is 13.0. The topological polar surface area (TPSA) is 67.7 Å². The molecule has 0 saturated heterocycles. The highest BCUT2D eigenvalue weighted by molar-refractivity contribution is 5.46. The molecular formula is C12H18N6. The van der Waals surface area contributed by atoms with E-state index in [1.165, 1.54) is 5.56 Å². The van der Waals surface area contributed by atoms with Crippen molar-refractivity contribution in [3.63, 3.8) is 0 Å². The van der Waals surface area contributed by atoms with E-state index in [0.717, 1.165) is 23.9 Å². The Bertz CT molecular complexity index is 519. The summed E-state index contributed by atoms with van der Waals surface area (Å²) in [5, 5.41) is 10.7. The first kappa shape index (κ1) is 12.3. The van der Waals surface area contributed by atoms with Gasteiger partial charge in [-0.05, 0) is 13.8 Å². The quantitative estimate of drug-likeness (QED) is 0.838. The van der Waals surface area contributed by atoms with E-state index in [9.17, 15) is 0 Å². The summed E-state index contributed by atoms with van der Waals surface area (Å²) in [5.41, 5.74) is 2.20. The molecule has 0 unspecified atom stereocenters. The van der Waals surface area contributed by atoms with Crippen LogP contribution in [0.1, 0.15) is 18.2 Å². The first-order valence-electron chi connectivity index (χ1n) is 5.98. The number of hydrogen-bond donors (Lipinski definition) is 2. The van der Waals surface area contributed by atoms with Gasteiger partial charge in [-0.1, -0.05) is 0 Å². The predicted molar refractivity (Wildman–Crippen MR) is 71.5 cm³/mol. The summed E-state index contributed by atoms with van der Waals surface area (Å²) in [5.74, 6) is 1.64. The van der Waals surface area contributed by atoms with Crippen LogP contribution in [0.2, 0.25) is 0 Å². The van der Waals surface area contributed by atoms with Crippen LogP contribution in [0.3, 0.4) is 0 Å². The normalized spacial score (nSPS) is 10.4. The van der Waals surface area contributed by atoms with Crippen molar-refractivity contribution in [2.45, 2.75) is 20.4 Å². The van der Waals surface area contributed by atoms with Crippen LogP contribution < -0.4 is 10.6 Å². The SMILES string of the molecule is CCNc1cc(NCc2cn(C)nc2C)ncn1. The van der Waals surface area contributed by atoms with Crippen LogP contribution in [0, 0.1) is 6.92 Å². The number of anilines is 2. The third-order valence-electron chi connectivity index (χ3n) is 2.60. The Hall–Kier alpha value is -2.11. The summed E-state index contributed by atoms with van der Waals surface area (Å²) in [6, 6.07) is 1.90. The van der Waals surface area contributed by atoms with Gasteiger partial charge in [0, 0.05) is 38.0 Å². The first-order chi connectivity index (χ1) is 8.69. The zero-order valence-electron chi connectivity index (χ0n) is 10.9. The van der Waals surface area contributed by atoms with Gasteiger partial charge in [0.15, 0.2) is 0 Å². The molecule has 0 atom stereocenters. The largest absolute Gasteiger partial charge is 0.370 e. The predicted octanol–water partition coefficient (Wildman–Crippen LogP) is 1.56. The van der Waals surface area contributed by atoms with Gasteiger partial charge in [-0.3, -0.25) is 4.68 Å². The van der Waals surface area contributed by atoms with Crippen LogP contribution in [0.5, 0.6) is 0 Å². The molecule has 2 aromatic rings. The van der Waals surface area contributed by atoms with Gasteiger partial charge in [0.25, 0.3) is 0 Å². The minimum atomic E-state index is 0.711. The minimum absolute atomic E-state index is 0.711. The monoisotopic (exact) mass is 246 g/mol. The molecule has 0 amide bonds. The second-order valence-electron chi connectivity index (χ2n) is 4.09. The molecule has 0 spiro atoms. The Balaban J connectivity index is 2.01. The van der Waals surface area contributed by atoms with Crippen molar-refractivity contribution in [1.29, 1.82) is 0 Å². The number of nitrogens with one attached hydrogen (secondary N) is 2. The van der Waals surface area contributed by atoms with E-state index in [-0.39, 0.29) is 0 Å². The molecule has 2 aromatic heterocycles. The molecule has 0 aliphatic rings. The average Bonchev–Trinajstić information content (AvgIpc) is 2.66. The molecule has 2 heterocycles. The van der Waals surface area contributed by atoms with Crippen LogP contribution in [0.4, 0.5) is 11.6 Å². The third-order valence-corrected chi connectivity index (χ3v) is 2.60. The lowest BCUT2D eigenvalue weighted by atomic mass is 10.2. The number of aromatic nitrogens is 4. The van der Waals surface area contributed by atoms with Gasteiger partial charge >= 0.3 is 0 Å². The maximum Gasteiger partial charge on any atom is 0.131 e. The Labute approximate surface area is 106 Å². The Morgan fingerprint density at radius 2 is 1.94 bits per heavy atom. The van der Waals surface area contributed by atoms with E-state index in [1.807, 2.05) is 37.8 Å². The van der Waals surface area contributed by atoms with Crippen molar-refractivity contribution in [2.75, 3.05) is 17.2 Å². The van der Waals surface area contributed by atoms with Crippen LogP contribution >= 0.6 is 0 Å². The molecule has 0 aliphatic heterocycles. The van der Waals surface area contributed by atoms with Crippen LogP contribution in [0.25, 0.3) is 0 Å². The van der Waals surface area contributed by atoms with E-state index in [1.54, 1.807) is 6.33 Å². The maximum atomic E-state index is 4.30. The molecule has 2 N–H and O–H groups in total. The summed E-state index contributed by atoms with van der Waals surface area (Å²) in [6.07, 6.45) is 3.56. The standard InChI is InChI=1S/C12H18N6/c1-4-13-11-5-12(16-8-15-11)14-6-10-7-18(3)17-9(10)2/h5,7-8H,4,6H2,1-3H3,(H2,13,14,15,16). The Kier molecular flexibility index (Phi) is 3.76. The van der Waals surface area contributed by atoms with Crippen LogP contribution in [-0.2, 0) is 13.6 Å². The molecular weight excluding hydrogens is 228 g/mol. The fourth-order valence-corrected chi connectivity index (χ4v) is 1.74. The van der Waals surface area contributed by atoms with E-state index in [4.69, 9.17) is 0 Å². The number of aryl methyl sites for hydroxylation is 2. The summed E-state index contributed by atoms with van der Waals surface area (Å²) >= 11 is 0. The molecule has 0 fully saturated rings. The Morgan fingerprint density at radius 1 is 1.22 bits per heavy atom. The summed E-state index contributed by atoms with van der Waals surface area (Å²) in [4.78, 5) is 8.31. The van der Waals surface area contributed by atoms with Crippen molar-refractivity contribution in [3.05, 3.63) is 29.8 Å². The Morgan fingerprint density at radius 3 is 2.56 bits per heavy atom. The molecule has 18 heavy (non-hydrogen) atoms. The summed E-state index contributed by atoms with van der Waals surface area (Å²) < 4.78 is 1.82. The smallest absolute Gasteiger partial charge is 0.131 e. The van der Waals surface area contributed by atoms with Gasteiger partial charge in [-0.15, -0.1) is 0 Å². The average molecular weight is 246 g/mol. The lowest BCUT2D eigenvalue weighted by Gasteiger charge is -2.06. The highest BCUT2D eigenvalue weighted by Gasteiger charge is 2.03. The zero-order valence-corrected chi connectivity index (χ0v) is 10.9. The van der Waals surface area contributed by atoms with Crippen molar-refractivity contribution in [3.8, 4) is 0 Å². The molecule has 0 saturated carbocycles. The second-order valence-corrected chi connectivity index (χ2v) is 4.09. The van der Waals surface area contributed by atoms with Crippen molar-refractivity contribution in [2.24, 2.45) is 7.05 Å². The van der Waals surface area contributed by atoms with Gasteiger partial charge < -0.3 is 10.6 Å². The molecule has 0 aromatic carbocycles. The molecule has 6 nitrogen and oxygen atoms in total. The van der Waals surface area contributed by atoms with E-state index >= 15 is 0 Å². The molecule has 0 radical (unpaired) electrons. The van der Waals surface area contributed by atoms with Crippen molar-refractivity contribution in [1.82, 2.24) is 19.7 Å². The molecule has 0 aliphatic carbocycles. The molecule has 6 heteroatoms. The van der Waals surface area contributed by atoms with Gasteiger partial charge in [0.05, 0.1) is 5.69 Å². The minimum Gasteiger partial charge on any atom is -0.370 e. The fraction of sp³-hybridized carbons (Fsp3) is 0.417. The van der Waals surface area contributed by atoms with Gasteiger partial charge in [-0.25, -0.2) is 9.97 Å². The van der Waals surface area contributed by atoms with Crippen molar-refractivity contribution >= 4 is 11.6 Å².